The summed E-state index contributed by atoms with van der Waals surface area (Å²) >= 11 is 0. The molecule has 3 aromatic rings. The van der Waals surface area contributed by atoms with Crippen LogP contribution >= 0.6 is 0 Å². The molecule has 0 fully saturated rings. The zero-order chi connectivity index (χ0) is 26.1. The number of aromatic nitrogens is 2. The number of aldehydes is 1. The molecule has 0 aliphatic carbocycles. The Hall–Kier alpha value is -3.78. The van der Waals surface area contributed by atoms with Crippen LogP contribution < -0.4 is 11.1 Å². The molecule has 36 heavy (non-hydrogen) atoms. The highest BCUT2D eigenvalue weighted by atomic mass is 16.5. The van der Waals surface area contributed by atoms with Crippen LogP contribution in [0.25, 0.3) is 22.5 Å². The Balaban J connectivity index is 1.85. The van der Waals surface area contributed by atoms with Crippen molar-refractivity contribution < 1.29 is 14.4 Å². The van der Waals surface area contributed by atoms with Gasteiger partial charge in [0, 0.05) is 23.3 Å². The number of carbonyl (C=O) groups excluding carboxylic acids is 1. The SMILES string of the molecule is CCCCC(NC(C)=NCC(C)(C)O)=C(C=O)Cc1ccc(-c2ccccc2-c2noc(=O)[nH]2)cc1. The van der Waals surface area contributed by atoms with Crippen LogP contribution in [0.2, 0.25) is 0 Å². The second-order valence-corrected chi connectivity index (χ2v) is 9.43. The van der Waals surface area contributed by atoms with Crippen molar-refractivity contribution in [2.24, 2.45) is 4.99 Å². The summed E-state index contributed by atoms with van der Waals surface area (Å²) in [5.41, 5.74) is 4.25. The first-order valence-corrected chi connectivity index (χ1v) is 12.1. The van der Waals surface area contributed by atoms with Gasteiger partial charge in [0.25, 0.3) is 0 Å². The van der Waals surface area contributed by atoms with E-state index in [2.05, 4.69) is 31.9 Å². The molecule has 1 heterocycles. The van der Waals surface area contributed by atoms with E-state index < -0.39 is 11.4 Å². The maximum Gasteiger partial charge on any atom is 0.439 e. The topological polar surface area (TPSA) is 121 Å². The van der Waals surface area contributed by atoms with Gasteiger partial charge in [-0.05, 0) is 50.3 Å². The number of aliphatic imine (C=N–C) groups is 1. The average Bonchev–Trinajstić information content (AvgIpc) is 3.30. The van der Waals surface area contributed by atoms with E-state index in [1.165, 1.54) is 0 Å². The molecule has 0 bridgehead atoms. The molecule has 0 aliphatic rings. The lowest BCUT2D eigenvalue weighted by Gasteiger charge is -2.17. The van der Waals surface area contributed by atoms with Crippen LogP contribution in [0, 0.1) is 0 Å². The summed E-state index contributed by atoms with van der Waals surface area (Å²) in [5, 5.41) is 17.1. The molecule has 0 unspecified atom stereocenters. The Morgan fingerprint density at radius 2 is 1.86 bits per heavy atom. The highest BCUT2D eigenvalue weighted by Gasteiger charge is 2.14. The van der Waals surface area contributed by atoms with E-state index in [0.29, 0.717) is 23.7 Å². The number of hydrogen-bond acceptors (Lipinski definition) is 6. The van der Waals surface area contributed by atoms with Gasteiger partial charge in [0.2, 0.25) is 0 Å². The summed E-state index contributed by atoms with van der Waals surface area (Å²) in [4.78, 5) is 30.5. The molecule has 3 rings (SSSR count). The summed E-state index contributed by atoms with van der Waals surface area (Å²) in [6, 6.07) is 15.6. The molecule has 0 saturated carbocycles. The second kappa shape index (κ2) is 12.3. The zero-order valence-corrected chi connectivity index (χ0v) is 21.3. The van der Waals surface area contributed by atoms with E-state index in [-0.39, 0.29) is 6.54 Å². The summed E-state index contributed by atoms with van der Waals surface area (Å²) in [5.74, 6) is 0.440. The molecule has 0 saturated heterocycles. The number of amidine groups is 1. The van der Waals surface area contributed by atoms with E-state index in [1.807, 2.05) is 55.5 Å². The number of aliphatic hydroxyl groups is 1. The van der Waals surface area contributed by atoms with Crippen molar-refractivity contribution in [2.75, 3.05) is 6.54 Å². The minimum atomic E-state index is -0.896. The Kier molecular flexibility index (Phi) is 9.13. The largest absolute Gasteiger partial charge is 0.439 e. The van der Waals surface area contributed by atoms with Gasteiger partial charge in [-0.3, -0.25) is 19.3 Å². The number of hydrogen-bond donors (Lipinski definition) is 3. The van der Waals surface area contributed by atoms with E-state index in [9.17, 15) is 14.7 Å². The number of aromatic amines is 1. The van der Waals surface area contributed by atoms with Crippen LogP contribution in [0.5, 0.6) is 0 Å². The van der Waals surface area contributed by atoms with Gasteiger partial charge in [-0.15, -0.1) is 0 Å². The zero-order valence-electron chi connectivity index (χ0n) is 21.3. The molecule has 1 aromatic heterocycles. The molecule has 0 radical (unpaired) electrons. The Morgan fingerprint density at radius 1 is 1.17 bits per heavy atom. The third-order valence-corrected chi connectivity index (χ3v) is 5.63. The highest BCUT2D eigenvalue weighted by molar-refractivity contribution is 5.84. The highest BCUT2D eigenvalue weighted by Crippen LogP contribution is 2.30. The number of unbranched alkanes of at least 4 members (excludes halogenated alkanes) is 1. The third-order valence-electron chi connectivity index (χ3n) is 5.63. The lowest BCUT2D eigenvalue weighted by molar-refractivity contribution is -0.105. The average molecular weight is 491 g/mol. The van der Waals surface area contributed by atoms with Gasteiger partial charge in [-0.25, -0.2) is 4.79 Å². The lowest BCUT2D eigenvalue weighted by atomic mass is 9.96. The van der Waals surface area contributed by atoms with Gasteiger partial charge in [0.15, 0.2) is 5.82 Å². The number of nitrogens with zero attached hydrogens (tertiary/aromatic N) is 2. The summed E-state index contributed by atoms with van der Waals surface area (Å²) < 4.78 is 4.67. The Labute approximate surface area is 211 Å². The van der Waals surface area contributed by atoms with Crippen molar-refractivity contribution >= 4 is 12.1 Å². The van der Waals surface area contributed by atoms with Crippen LogP contribution in [0.4, 0.5) is 0 Å². The maximum atomic E-state index is 12.1. The van der Waals surface area contributed by atoms with Crippen LogP contribution in [0.15, 0.2) is 74.1 Å². The molecule has 8 heteroatoms. The first-order chi connectivity index (χ1) is 17.2. The van der Waals surface area contributed by atoms with Gasteiger partial charge in [0.05, 0.1) is 18.0 Å². The van der Waals surface area contributed by atoms with E-state index in [1.54, 1.807) is 13.8 Å². The predicted molar refractivity (Wildman–Crippen MR) is 142 cm³/mol. The number of H-pyrrole nitrogens is 1. The van der Waals surface area contributed by atoms with Crippen molar-refractivity contribution in [2.45, 2.75) is 59.0 Å². The molecule has 3 N–H and O–H groups in total. The molecule has 0 aliphatic heterocycles. The Morgan fingerprint density at radius 3 is 2.44 bits per heavy atom. The van der Waals surface area contributed by atoms with Crippen LogP contribution in [-0.2, 0) is 11.2 Å². The monoisotopic (exact) mass is 490 g/mol. The molecule has 2 aromatic carbocycles. The predicted octanol–water partition coefficient (Wildman–Crippen LogP) is 4.66. The summed E-state index contributed by atoms with van der Waals surface area (Å²) in [6.07, 6.45) is 4.07. The minimum absolute atomic E-state index is 0.272. The molecule has 190 valence electrons. The minimum Gasteiger partial charge on any atom is -0.389 e. The molecule has 0 spiro atoms. The standard InChI is InChI=1S/C28H34N4O4/c1-5-6-11-25(30-19(2)29-18-28(3,4)35)22(17-33)16-20-12-14-21(15-13-20)23-9-7-8-10-24(23)26-31-27(34)36-32-26/h7-10,12-15,17,35H,5-6,11,16,18H2,1-4H3,(H,29,30)(H,31,32,34). The summed E-state index contributed by atoms with van der Waals surface area (Å²) in [7, 11) is 0. The van der Waals surface area contributed by atoms with Gasteiger partial charge < -0.3 is 10.4 Å². The van der Waals surface area contributed by atoms with Crippen molar-refractivity contribution in [1.82, 2.24) is 15.5 Å². The van der Waals surface area contributed by atoms with Gasteiger partial charge >= 0.3 is 5.76 Å². The van der Waals surface area contributed by atoms with Gasteiger partial charge in [-0.1, -0.05) is 67.0 Å². The number of allylic oxidation sites excluding steroid dienone is 2. The smallest absolute Gasteiger partial charge is 0.389 e. The summed E-state index contributed by atoms with van der Waals surface area (Å²) in [6.45, 7) is 7.64. The molecule has 0 atom stereocenters. The van der Waals surface area contributed by atoms with Gasteiger partial charge in [-0.2, -0.15) is 0 Å². The van der Waals surface area contributed by atoms with Crippen LogP contribution in [-0.4, -0.2) is 39.5 Å². The Bertz CT molecular complexity index is 1280. The third kappa shape index (κ3) is 7.61. The van der Waals surface area contributed by atoms with Crippen molar-refractivity contribution in [3.05, 3.63) is 75.9 Å². The number of rotatable bonds is 11. The molecular weight excluding hydrogens is 456 g/mol. The second-order valence-electron chi connectivity index (χ2n) is 9.43. The first kappa shape index (κ1) is 26.8. The van der Waals surface area contributed by atoms with E-state index >= 15 is 0 Å². The quantitative estimate of drug-likeness (QED) is 0.156. The fourth-order valence-corrected chi connectivity index (χ4v) is 3.76. The lowest BCUT2D eigenvalue weighted by Crippen LogP contribution is -2.27. The molecule has 0 amide bonds. The fraction of sp³-hybridized carbons (Fsp3) is 0.357. The van der Waals surface area contributed by atoms with Crippen molar-refractivity contribution in [3.8, 4) is 22.5 Å². The number of nitrogens with one attached hydrogen (secondary N) is 2. The van der Waals surface area contributed by atoms with E-state index in [4.69, 9.17) is 0 Å². The fourth-order valence-electron chi connectivity index (χ4n) is 3.76. The van der Waals surface area contributed by atoms with Crippen LogP contribution in [0.1, 0.15) is 52.5 Å². The maximum absolute atomic E-state index is 12.1. The molecular formula is C28H34N4O4. The van der Waals surface area contributed by atoms with Crippen LogP contribution in [0.3, 0.4) is 0 Å². The number of benzene rings is 2. The van der Waals surface area contributed by atoms with E-state index in [0.717, 1.165) is 53.5 Å². The first-order valence-electron chi connectivity index (χ1n) is 12.1. The van der Waals surface area contributed by atoms with Crippen molar-refractivity contribution in [1.29, 1.82) is 0 Å². The van der Waals surface area contributed by atoms with Crippen molar-refractivity contribution in [3.63, 3.8) is 0 Å². The normalized spacial score (nSPS) is 12.9. The molecule has 8 nitrogen and oxygen atoms in total. The number of carbonyl (C=O) groups is 1. The van der Waals surface area contributed by atoms with Gasteiger partial charge in [0.1, 0.15) is 6.29 Å².